The number of hydrogen-bond acceptors (Lipinski definition) is 3. The van der Waals surface area contributed by atoms with E-state index in [1.54, 1.807) is 0 Å². The average molecular weight is 215 g/mol. The summed E-state index contributed by atoms with van der Waals surface area (Å²) in [5.74, 6) is 0. The number of anilines is 1. The zero-order valence-corrected chi connectivity index (χ0v) is 8.94. The molecule has 0 saturated carbocycles. The van der Waals surface area contributed by atoms with Crippen LogP contribution >= 0.6 is 0 Å². The van der Waals surface area contributed by atoms with E-state index in [4.69, 9.17) is 0 Å². The van der Waals surface area contributed by atoms with E-state index in [9.17, 15) is 4.79 Å². The maximum atomic E-state index is 11.6. The molecule has 1 saturated heterocycles. The summed E-state index contributed by atoms with van der Waals surface area (Å²) in [5, 5.41) is 0.673. The normalized spacial score (nSPS) is 15.9. The molecule has 1 aliphatic heterocycles. The van der Waals surface area contributed by atoms with Gasteiger partial charge in [-0.25, -0.2) is 4.98 Å². The van der Waals surface area contributed by atoms with Gasteiger partial charge in [-0.3, -0.25) is 4.79 Å². The summed E-state index contributed by atoms with van der Waals surface area (Å²) in [5.41, 5.74) is 1.82. The van der Waals surface area contributed by atoms with Gasteiger partial charge in [0, 0.05) is 18.8 Å². The van der Waals surface area contributed by atoms with E-state index in [1.165, 1.54) is 19.2 Å². The fourth-order valence-corrected chi connectivity index (χ4v) is 2.23. The van der Waals surface area contributed by atoms with Crippen LogP contribution in [0.15, 0.2) is 29.3 Å². The highest BCUT2D eigenvalue weighted by Gasteiger charge is 2.13. The minimum atomic E-state index is -0.0638. The van der Waals surface area contributed by atoms with Crippen LogP contribution in [0.1, 0.15) is 12.8 Å². The second-order valence-corrected chi connectivity index (χ2v) is 4.13. The maximum Gasteiger partial charge on any atom is 0.258 e. The Morgan fingerprint density at radius 2 is 2.06 bits per heavy atom. The first-order valence-corrected chi connectivity index (χ1v) is 5.57. The first kappa shape index (κ1) is 9.39. The van der Waals surface area contributed by atoms with Gasteiger partial charge in [-0.2, -0.15) is 0 Å². The van der Waals surface area contributed by atoms with Gasteiger partial charge in [-0.1, -0.05) is 0 Å². The van der Waals surface area contributed by atoms with E-state index in [0.717, 1.165) is 24.3 Å². The van der Waals surface area contributed by atoms with Gasteiger partial charge in [0.1, 0.15) is 0 Å². The Bertz CT molecular complexity index is 570. The lowest BCUT2D eigenvalue weighted by atomic mass is 10.2. The van der Waals surface area contributed by atoms with Crippen molar-refractivity contribution in [1.82, 2.24) is 9.97 Å². The van der Waals surface area contributed by atoms with E-state index in [1.807, 2.05) is 18.2 Å². The molecule has 0 spiro atoms. The second-order valence-electron chi connectivity index (χ2n) is 4.13. The predicted molar refractivity (Wildman–Crippen MR) is 63.8 cm³/mol. The monoisotopic (exact) mass is 215 g/mol. The first-order chi connectivity index (χ1) is 7.84. The molecule has 4 heteroatoms. The highest BCUT2D eigenvalue weighted by atomic mass is 16.1. The van der Waals surface area contributed by atoms with Gasteiger partial charge in [-0.15, -0.1) is 0 Å². The Labute approximate surface area is 92.9 Å². The lowest BCUT2D eigenvalue weighted by Gasteiger charge is -2.17. The van der Waals surface area contributed by atoms with Crippen LogP contribution in [0.2, 0.25) is 0 Å². The van der Waals surface area contributed by atoms with Crippen LogP contribution in [0.3, 0.4) is 0 Å². The number of H-pyrrole nitrogens is 1. The second kappa shape index (κ2) is 3.63. The molecule has 1 aromatic carbocycles. The number of fused-ring (bicyclic) bond motifs is 1. The van der Waals surface area contributed by atoms with Crippen LogP contribution in [-0.4, -0.2) is 23.1 Å². The van der Waals surface area contributed by atoms with E-state index >= 15 is 0 Å². The van der Waals surface area contributed by atoms with Crippen molar-refractivity contribution in [2.24, 2.45) is 0 Å². The van der Waals surface area contributed by atoms with Crippen molar-refractivity contribution in [2.45, 2.75) is 12.8 Å². The quantitative estimate of drug-likeness (QED) is 0.784. The first-order valence-electron chi connectivity index (χ1n) is 5.57. The largest absolute Gasteiger partial charge is 0.372 e. The molecule has 2 heterocycles. The van der Waals surface area contributed by atoms with Crippen LogP contribution in [0.5, 0.6) is 0 Å². The summed E-state index contributed by atoms with van der Waals surface area (Å²) in [6.45, 7) is 2.17. The molecule has 0 unspecified atom stereocenters. The van der Waals surface area contributed by atoms with Crippen LogP contribution < -0.4 is 10.5 Å². The number of hydrogen-bond donors (Lipinski definition) is 1. The molecule has 1 aromatic heterocycles. The minimum absolute atomic E-state index is 0.0638. The number of rotatable bonds is 1. The maximum absolute atomic E-state index is 11.6. The third-order valence-corrected chi connectivity index (χ3v) is 3.10. The zero-order valence-electron chi connectivity index (χ0n) is 8.94. The SMILES string of the molecule is O=c1[nH]cnc2ccc(N3CCCC3)cc12. The molecule has 0 aliphatic carbocycles. The van der Waals surface area contributed by atoms with E-state index < -0.39 is 0 Å². The molecular weight excluding hydrogens is 202 g/mol. The molecule has 1 aliphatic rings. The summed E-state index contributed by atoms with van der Waals surface area (Å²) in [6, 6.07) is 5.89. The van der Waals surface area contributed by atoms with Crippen LogP contribution in [-0.2, 0) is 0 Å². The third kappa shape index (κ3) is 1.46. The minimum Gasteiger partial charge on any atom is -0.372 e. The Balaban J connectivity index is 2.14. The predicted octanol–water partition coefficient (Wildman–Crippen LogP) is 1.52. The van der Waals surface area contributed by atoms with Gasteiger partial charge in [0.15, 0.2) is 0 Å². The standard InChI is InChI=1S/C12H13N3O/c16-12-10-7-9(15-5-1-2-6-15)3-4-11(10)13-8-14-12/h3-4,7-8H,1-2,5-6H2,(H,13,14,16). The highest BCUT2D eigenvalue weighted by molar-refractivity contribution is 5.81. The van der Waals surface area contributed by atoms with E-state index in [0.29, 0.717) is 5.39 Å². The number of nitrogens with one attached hydrogen (secondary N) is 1. The molecular formula is C12H13N3O. The Hall–Kier alpha value is -1.84. The lowest BCUT2D eigenvalue weighted by molar-refractivity contribution is 0.949. The van der Waals surface area contributed by atoms with Crippen molar-refractivity contribution in [3.05, 3.63) is 34.9 Å². The van der Waals surface area contributed by atoms with Crippen LogP contribution in [0, 0.1) is 0 Å². The molecule has 82 valence electrons. The summed E-state index contributed by atoms with van der Waals surface area (Å²) in [7, 11) is 0. The third-order valence-electron chi connectivity index (χ3n) is 3.10. The fraction of sp³-hybridized carbons (Fsp3) is 0.333. The molecule has 1 N–H and O–H groups in total. The molecule has 1 fully saturated rings. The Morgan fingerprint density at radius 1 is 1.25 bits per heavy atom. The van der Waals surface area contributed by atoms with Crippen LogP contribution in [0.25, 0.3) is 10.9 Å². The van der Waals surface area contributed by atoms with Crippen molar-refractivity contribution in [2.75, 3.05) is 18.0 Å². The van der Waals surface area contributed by atoms with Gasteiger partial charge in [-0.05, 0) is 31.0 Å². The average Bonchev–Trinajstić information content (AvgIpc) is 2.83. The smallest absolute Gasteiger partial charge is 0.258 e. The van der Waals surface area contributed by atoms with Crippen molar-refractivity contribution >= 4 is 16.6 Å². The molecule has 3 rings (SSSR count). The number of aromatic nitrogens is 2. The van der Waals surface area contributed by atoms with Gasteiger partial charge >= 0.3 is 0 Å². The van der Waals surface area contributed by atoms with Gasteiger partial charge in [0.25, 0.3) is 5.56 Å². The lowest BCUT2D eigenvalue weighted by Crippen LogP contribution is -2.18. The summed E-state index contributed by atoms with van der Waals surface area (Å²) < 4.78 is 0. The molecule has 0 bridgehead atoms. The molecule has 2 aromatic rings. The topological polar surface area (TPSA) is 49.0 Å². The Kier molecular flexibility index (Phi) is 2.13. The van der Waals surface area contributed by atoms with Crippen molar-refractivity contribution < 1.29 is 0 Å². The molecule has 4 nitrogen and oxygen atoms in total. The fourth-order valence-electron chi connectivity index (χ4n) is 2.23. The molecule has 0 amide bonds. The summed E-state index contributed by atoms with van der Waals surface area (Å²) in [6.07, 6.45) is 3.92. The molecule has 0 radical (unpaired) electrons. The van der Waals surface area contributed by atoms with E-state index in [2.05, 4.69) is 14.9 Å². The van der Waals surface area contributed by atoms with Crippen LogP contribution in [0.4, 0.5) is 5.69 Å². The van der Waals surface area contributed by atoms with Crippen molar-refractivity contribution in [1.29, 1.82) is 0 Å². The molecule has 16 heavy (non-hydrogen) atoms. The van der Waals surface area contributed by atoms with Gasteiger partial charge in [0.2, 0.25) is 0 Å². The van der Waals surface area contributed by atoms with Crippen molar-refractivity contribution in [3.63, 3.8) is 0 Å². The number of aromatic amines is 1. The number of nitrogens with zero attached hydrogens (tertiary/aromatic N) is 2. The van der Waals surface area contributed by atoms with Gasteiger partial charge in [0.05, 0.1) is 17.2 Å². The van der Waals surface area contributed by atoms with Crippen molar-refractivity contribution in [3.8, 4) is 0 Å². The number of benzene rings is 1. The Morgan fingerprint density at radius 3 is 2.88 bits per heavy atom. The summed E-state index contributed by atoms with van der Waals surface area (Å²) in [4.78, 5) is 20.7. The van der Waals surface area contributed by atoms with Gasteiger partial charge < -0.3 is 9.88 Å². The summed E-state index contributed by atoms with van der Waals surface area (Å²) >= 11 is 0. The zero-order chi connectivity index (χ0) is 11.0. The highest BCUT2D eigenvalue weighted by Crippen LogP contribution is 2.22. The van der Waals surface area contributed by atoms with E-state index in [-0.39, 0.29) is 5.56 Å². The molecule has 0 atom stereocenters.